The van der Waals surface area contributed by atoms with Crippen LogP contribution in [0.2, 0.25) is 0 Å². The number of nitrogens with one attached hydrogen (secondary N) is 1. The van der Waals surface area contributed by atoms with E-state index in [4.69, 9.17) is 5.11 Å². The van der Waals surface area contributed by atoms with Gasteiger partial charge in [0, 0.05) is 4.47 Å². The van der Waals surface area contributed by atoms with Crippen LogP contribution in [-0.2, 0) is 4.79 Å². The van der Waals surface area contributed by atoms with E-state index in [9.17, 15) is 4.79 Å². The van der Waals surface area contributed by atoms with Crippen LogP contribution < -0.4 is 5.32 Å². The lowest BCUT2D eigenvalue weighted by Gasteiger charge is -2.15. The third kappa shape index (κ3) is 3.04. The highest BCUT2D eigenvalue weighted by Gasteiger charge is 2.20. The molecule has 0 heterocycles. The molecule has 1 aromatic rings. The number of benzene rings is 1. The summed E-state index contributed by atoms with van der Waals surface area (Å²) in [5.74, 6) is -0.860. The molecule has 15 heavy (non-hydrogen) atoms. The normalized spacial score (nSPS) is 12.5. The van der Waals surface area contributed by atoms with Crippen LogP contribution in [0.25, 0.3) is 0 Å². The summed E-state index contributed by atoms with van der Waals surface area (Å²) in [6.07, 6.45) is 0. The topological polar surface area (TPSA) is 49.3 Å². The molecule has 1 atom stereocenters. The first-order valence-electron chi connectivity index (χ1n) is 4.78. The summed E-state index contributed by atoms with van der Waals surface area (Å²) in [4.78, 5) is 11.0. The van der Waals surface area contributed by atoms with Crippen LogP contribution in [0.3, 0.4) is 0 Å². The highest BCUT2D eigenvalue weighted by molar-refractivity contribution is 9.10. The van der Waals surface area contributed by atoms with Crippen LogP contribution in [0.5, 0.6) is 0 Å². The smallest absolute Gasteiger partial charge is 0.325 e. The molecule has 0 fully saturated rings. The highest BCUT2D eigenvalue weighted by atomic mass is 79.9. The van der Waals surface area contributed by atoms with Crippen molar-refractivity contribution in [1.29, 1.82) is 0 Å². The van der Waals surface area contributed by atoms with Crippen LogP contribution in [0.4, 0.5) is 0 Å². The fourth-order valence-electron chi connectivity index (χ4n) is 1.40. The first-order valence-corrected chi connectivity index (χ1v) is 5.57. The molecule has 0 radical (unpaired) electrons. The van der Waals surface area contributed by atoms with E-state index in [-0.39, 0.29) is 0 Å². The third-order valence-electron chi connectivity index (χ3n) is 2.12. The molecule has 0 aliphatic rings. The van der Waals surface area contributed by atoms with E-state index in [1.54, 1.807) is 0 Å². The molecule has 0 saturated carbocycles. The lowest BCUT2D eigenvalue weighted by molar-refractivity contribution is -0.139. The lowest BCUT2D eigenvalue weighted by atomic mass is 10.1. The Bertz CT molecular complexity index is 366. The lowest BCUT2D eigenvalue weighted by Crippen LogP contribution is -2.28. The average molecular weight is 272 g/mol. The van der Waals surface area contributed by atoms with Crippen LogP contribution in [0, 0.1) is 6.92 Å². The zero-order chi connectivity index (χ0) is 11.4. The van der Waals surface area contributed by atoms with Gasteiger partial charge in [-0.15, -0.1) is 0 Å². The van der Waals surface area contributed by atoms with Gasteiger partial charge < -0.3 is 10.4 Å². The first kappa shape index (κ1) is 12.2. The molecule has 1 aromatic carbocycles. The van der Waals surface area contributed by atoms with Gasteiger partial charge in [0.2, 0.25) is 0 Å². The minimum absolute atomic E-state index is 0.622. The summed E-state index contributed by atoms with van der Waals surface area (Å²) in [5.41, 5.74) is 1.86. The van der Waals surface area contributed by atoms with Crippen molar-refractivity contribution < 1.29 is 9.90 Å². The van der Waals surface area contributed by atoms with Crippen molar-refractivity contribution in [2.24, 2.45) is 0 Å². The Balaban J connectivity index is 3.05. The number of hydrogen-bond acceptors (Lipinski definition) is 2. The number of rotatable bonds is 4. The fourth-order valence-corrected chi connectivity index (χ4v) is 2.12. The summed E-state index contributed by atoms with van der Waals surface area (Å²) >= 11 is 3.38. The maximum absolute atomic E-state index is 11.0. The molecule has 0 aliphatic carbocycles. The van der Waals surface area contributed by atoms with Gasteiger partial charge in [0.15, 0.2) is 0 Å². The molecule has 2 N–H and O–H groups in total. The average Bonchev–Trinajstić information content (AvgIpc) is 2.15. The van der Waals surface area contributed by atoms with Crippen molar-refractivity contribution in [3.05, 3.63) is 33.8 Å². The molecule has 0 spiro atoms. The Morgan fingerprint density at radius 2 is 2.27 bits per heavy atom. The van der Waals surface area contributed by atoms with Crippen LogP contribution >= 0.6 is 15.9 Å². The fraction of sp³-hybridized carbons (Fsp3) is 0.364. The van der Waals surface area contributed by atoms with Crippen molar-refractivity contribution in [1.82, 2.24) is 5.32 Å². The van der Waals surface area contributed by atoms with Crippen molar-refractivity contribution in [2.45, 2.75) is 19.9 Å². The Labute approximate surface area is 97.6 Å². The van der Waals surface area contributed by atoms with Crippen LogP contribution in [0.1, 0.15) is 24.1 Å². The predicted molar refractivity (Wildman–Crippen MR) is 62.9 cm³/mol. The Kier molecular flexibility index (Phi) is 4.29. The van der Waals surface area contributed by atoms with Gasteiger partial charge in [-0.05, 0) is 30.7 Å². The number of carboxylic acid groups (broad SMARTS) is 1. The second kappa shape index (κ2) is 5.28. The molecule has 0 aromatic heterocycles. The summed E-state index contributed by atoms with van der Waals surface area (Å²) in [6, 6.07) is 5.02. The Hall–Kier alpha value is -0.870. The number of hydrogen-bond donors (Lipinski definition) is 2. The van der Waals surface area contributed by atoms with Gasteiger partial charge in [-0.25, -0.2) is 0 Å². The van der Waals surface area contributed by atoms with E-state index in [0.29, 0.717) is 6.54 Å². The molecule has 1 rings (SSSR count). The summed E-state index contributed by atoms with van der Waals surface area (Å²) < 4.78 is 0.829. The van der Waals surface area contributed by atoms with Gasteiger partial charge in [-0.3, -0.25) is 4.79 Å². The van der Waals surface area contributed by atoms with E-state index >= 15 is 0 Å². The monoisotopic (exact) mass is 271 g/mol. The van der Waals surface area contributed by atoms with Gasteiger partial charge in [0.25, 0.3) is 0 Å². The zero-order valence-corrected chi connectivity index (χ0v) is 10.3. The second-order valence-corrected chi connectivity index (χ2v) is 4.21. The number of carboxylic acids is 1. The first-order chi connectivity index (χ1) is 7.06. The zero-order valence-electron chi connectivity index (χ0n) is 8.75. The molecule has 3 nitrogen and oxygen atoms in total. The number of carbonyl (C=O) groups is 1. The molecule has 4 heteroatoms. The second-order valence-electron chi connectivity index (χ2n) is 3.35. The Morgan fingerprint density at radius 3 is 2.73 bits per heavy atom. The molecule has 0 saturated heterocycles. The van der Waals surface area contributed by atoms with E-state index in [1.807, 2.05) is 32.0 Å². The van der Waals surface area contributed by atoms with E-state index in [0.717, 1.165) is 15.6 Å². The minimum atomic E-state index is -0.860. The number of aryl methyl sites for hydroxylation is 1. The summed E-state index contributed by atoms with van der Waals surface area (Å²) in [5, 5.41) is 12.0. The standard InChI is InChI=1S/C11H14BrNO2/c1-3-13-10(11(14)15)8-5-4-7(2)6-9(8)12/h4-6,10,13H,3H2,1-2H3,(H,14,15). The van der Waals surface area contributed by atoms with Crippen LogP contribution in [-0.4, -0.2) is 17.6 Å². The van der Waals surface area contributed by atoms with Crippen molar-refractivity contribution in [3.8, 4) is 0 Å². The van der Waals surface area contributed by atoms with Gasteiger partial charge in [0.05, 0.1) is 0 Å². The van der Waals surface area contributed by atoms with Crippen molar-refractivity contribution >= 4 is 21.9 Å². The summed E-state index contributed by atoms with van der Waals surface area (Å²) in [6.45, 7) is 4.48. The number of aliphatic carboxylic acids is 1. The summed E-state index contributed by atoms with van der Waals surface area (Å²) in [7, 11) is 0. The Morgan fingerprint density at radius 1 is 1.60 bits per heavy atom. The molecule has 82 valence electrons. The number of halogens is 1. The molecule has 0 amide bonds. The largest absolute Gasteiger partial charge is 0.480 e. The minimum Gasteiger partial charge on any atom is -0.480 e. The maximum Gasteiger partial charge on any atom is 0.325 e. The molecular formula is C11H14BrNO2. The third-order valence-corrected chi connectivity index (χ3v) is 2.81. The molecular weight excluding hydrogens is 258 g/mol. The van der Waals surface area contributed by atoms with E-state index in [1.165, 1.54) is 0 Å². The van der Waals surface area contributed by atoms with Gasteiger partial charge in [-0.1, -0.05) is 35.0 Å². The highest BCUT2D eigenvalue weighted by Crippen LogP contribution is 2.24. The van der Waals surface area contributed by atoms with Gasteiger partial charge in [0.1, 0.15) is 6.04 Å². The number of likely N-dealkylation sites (N-methyl/N-ethyl adjacent to an activating group) is 1. The van der Waals surface area contributed by atoms with E-state index in [2.05, 4.69) is 21.2 Å². The van der Waals surface area contributed by atoms with E-state index < -0.39 is 12.0 Å². The maximum atomic E-state index is 11.0. The SMILES string of the molecule is CCNC(C(=O)O)c1ccc(C)cc1Br. The van der Waals surface area contributed by atoms with Gasteiger partial charge in [-0.2, -0.15) is 0 Å². The van der Waals surface area contributed by atoms with Gasteiger partial charge >= 0.3 is 5.97 Å². The van der Waals surface area contributed by atoms with Crippen molar-refractivity contribution in [2.75, 3.05) is 6.54 Å². The van der Waals surface area contributed by atoms with Crippen LogP contribution in [0.15, 0.2) is 22.7 Å². The molecule has 0 bridgehead atoms. The van der Waals surface area contributed by atoms with Crippen molar-refractivity contribution in [3.63, 3.8) is 0 Å². The molecule has 0 aliphatic heterocycles. The molecule has 1 unspecified atom stereocenters. The predicted octanol–water partition coefficient (Wildman–Crippen LogP) is 2.49. The quantitative estimate of drug-likeness (QED) is 0.885.